The Morgan fingerprint density at radius 1 is 1.16 bits per heavy atom. The predicted octanol–water partition coefficient (Wildman–Crippen LogP) is 4.77. The first-order valence-corrected chi connectivity index (χ1v) is 13.6. The van der Waals surface area contributed by atoms with E-state index in [-0.39, 0.29) is 29.7 Å². The van der Waals surface area contributed by atoms with Crippen LogP contribution in [-0.4, -0.2) is 65.8 Å². The molecule has 1 aromatic carbocycles. The van der Waals surface area contributed by atoms with E-state index in [1.807, 2.05) is 56.4 Å². The zero-order valence-electron chi connectivity index (χ0n) is 21.3. The minimum absolute atomic E-state index is 0.00120. The van der Waals surface area contributed by atoms with Gasteiger partial charge in [0.05, 0.1) is 39.5 Å². The van der Waals surface area contributed by atoms with Gasteiger partial charge in [0, 0.05) is 42.1 Å². The maximum absolute atomic E-state index is 13.2. The fourth-order valence-electron chi connectivity index (χ4n) is 5.23. The highest BCUT2D eigenvalue weighted by molar-refractivity contribution is 7.10. The zero-order valence-corrected chi connectivity index (χ0v) is 22.9. The second-order valence-electron chi connectivity index (χ2n) is 10.1. The highest BCUT2D eigenvalue weighted by Gasteiger charge is 2.40. The summed E-state index contributed by atoms with van der Waals surface area (Å²) in [6.07, 6.45) is 5.22. The number of ketones is 1. The molecule has 192 valence electrons. The Morgan fingerprint density at radius 2 is 1.89 bits per heavy atom. The molecule has 0 unspecified atom stereocenters. The average Bonchev–Trinajstić information content (AvgIpc) is 3.48. The Morgan fingerprint density at radius 3 is 2.57 bits per heavy atom. The summed E-state index contributed by atoms with van der Waals surface area (Å²) in [7, 11) is 3.83. The van der Waals surface area contributed by atoms with Crippen LogP contribution in [0.15, 0.2) is 52.0 Å². The number of aliphatic imine (C=N–C) groups is 1. The third-order valence-corrected chi connectivity index (χ3v) is 8.22. The maximum Gasteiger partial charge on any atom is 0.261 e. The van der Waals surface area contributed by atoms with E-state index in [2.05, 4.69) is 5.32 Å². The number of Topliss-reactive ketones (excluding diaryl/α,β-unsaturated/α-hetero) is 1. The van der Waals surface area contributed by atoms with Crippen molar-refractivity contribution in [1.82, 2.24) is 9.80 Å². The van der Waals surface area contributed by atoms with Crippen LogP contribution < -0.4 is 5.32 Å². The third-order valence-electron chi connectivity index (χ3n) is 6.81. The fraction of sp³-hybridized carbons (Fsp3) is 0.357. The number of anilines is 1. The van der Waals surface area contributed by atoms with E-state index >= 15 is 0 Å². The van der Waals surface area contributed by atoms with Gasteiger partial charge in [0.25, 0.3) is 11.8 Å². The summed E-state index contributed by atoms with van der Waals surface area (Å²) in [6, 6.07) is 5.14. The minimum Gasteiger partial charge on any atom is -0.358 e. The number of nitrogens with zero attached hydrogens (tertiary/aromatic N) is 3. The van der Waals surface area contributed by atoms with Gasteiger partial charge < -0.3 is 10.2 Å². The van der Waals surface area contributed by atoms with Crippen molar-refractivity contribution in [2.45, 2.75) is 45.2 Å². The van der Waals surface area contributed by atoms with Crippen LogP contribution in [0.5, 0.6) is 0 Å². The number of hydrogen-bond acceptors (Lipinski definition) is 7. The molecule has 0 fully saturated rings. The summed E-state index contributed by atoms with van der Waals surface area (Å²) >= 11 is 7.87. The molecule has 2 aliphatic heterocycles. The summed E-state index contributed by atoms with van der Waals surface area (Å²) < 4.78 is 0. The molecule has 0 bridgehead atoms. The smallest absolute Gasteiger partial charge is 0.261 e. The molecule has 0 saturated carbocycles. The van der Waals surface area contributed by atoms with Gasteiger partial charge in [-0.05, 0) is 63.2 Å². The largest absolute Gasteiger partial charge is 0.358 e. The molecule has 1 aliphatic carbocycles. The van der Waals surface area contributed by atoms with E-state index in [0.29, 0.717) is 48.2 Å². The minimum atomic E-state index is -0.278. The molecule has 5 rings (SSSR count). The molecular formula is C28H29ClN4O3S. The molecule has 2 amide bonds. The second kappa shape index (κ2) is 10.0. The lowest BCUT2D eigenvalue weighted by Crippen LogP contribution is -2.43. The van der Waals surface area contributed by atoms with E-state index in [1.54, 1.807) is 23.5 Å². The number of halogens is 1. The van der Waals surface area contributed by atoms with E-state index in [0.717, 1.165) is 26.8 Å². The number of rotatable bonds is 6. The Labute approximate surface area is 225 Å². The molecule has 0 spiro atoms. The van der Waals surface area contributed by atoms with Gasteiger partial charge in [-0.25, -0.2) is 0 Å². The van der Waals surface area contributed by atoms with Crippen LogP contribution in [0.25, 0.3) is 0 Å². The van der Waals surface area contributed by atoms with Crippen LogP contribution in [0.3, 0.4) is 0 Å². The van der Waals surface area contributed by atoms with Crippen molar-refractivity contribution < 1.29 is 14.4 Å². The SMILES string of the molecule is C[C@@H](Cc1sccc1Cl)N=C1C=CCC(=O)C1=C1Cc2cc3c(cc2N1)C(=O)N([C@@H](C)CN(C)C)C3=O. The highest BCUT2D eigenvalue weighted by atomic mass is 35.5. The van der Waals surface area contributed by atoms with Crippen LogP contribution in [0.4, 0.5) is 5.69 Å². The number of thiophene rings is 1. The van der Waals surface area contributed by atoms with Gasteiger partial charge in [-0.1, -0.05) is 17.7 Å². The summed E-state index contributed by atoms with van der Waals surface area (Å²) in [5.74, 6) is -0.542. The summed E-state index contributed by atoms with van der Waals surface area (Å²) in [5, 5.41) is 6.07. The topological polar surface area (TPSA) is 82.1 Å². The zero-order chi connectivity index (χ0) is 26.4. The number of nitrogens with one attached hydrogen (secondary N) is 1. The molecule has 3 aliphatic rings. The summed E-state index contributed by atoms with van der Waals surface area (Å²) in [5.41, 5.74) is 4.45. The second-order valence-corrected chi connectivity index (χ2v) is 11.5. The summed E-state index contributed by atoms with van der Waals surface area (Å²) in [6.45, 7) is 4.49. The van der Waals surface area contributed by atoms with Crippen molar-refractivity contribution in [2.75, 3.05) is 26.0 Å². The van der Waals surface area contributed by atoms with E-state index in [1.165, 1.54) is 4.90 Å². The van der Waals surface area contributed by atoms with E-state index < -0.39 is 0 Å². The number of imide groups is 1. The first-order valence-electron chi connectivity index (χ1n) is 12.3. The highest BCUT2D eigenvalue weighted by Crippen LogP contribution is 2.37. The van der Waals surface area contributed by atoms with Crippen molar-refractivity contribution in [2.24, 2.45) is 4.99 Å². The number of carbonyl (C=O) groups is 3. The molecule has 37 heavy (non-hydrogen) atoms. The Hall–Kier alpha value is -3.07. The predicted molar refractivity (Wildman–Crippen MR) is 148 cm³/mol. The van der Waals surface area contributed by atoms with Crippen molar-refractivity contribution in [1.29, 1.82) is 0 Å². The number of likely N-dealkylation sites (N-methyl/N-ethyl adjacent to an activating group) is 1. The van der Waals surface area contributed by atoms with Crippen molar-refractivity contribution in [3.8, 4) is 0 Å². The van der Waals surface area contributed by atoms with Crippen LogP contribution in [0.2, 0.25) is 5.02 Å². The van der Waals surface area contributed by atoms with Gasteiger partial charge >= 0.3 is 0 Å². The van der Waals surface area contributed by atoms with Crippen LogP contribution in [0.1, 0.15) is 51.4 Å². The maximum atomic E-state index is 13.2. The lowest BCUT2D eigenvalue weighted by Gasteiger charge is -2.25. The van der Waals surface area contributed by atoms with Crippen LogP contribution >= 0.6 is 22.9 Å². The molecule has 0 saturated heterocycles. The van der Waals surface area contributed by atoms with Crippen molar-refractivity contribution in [3.63, 3.8) is 0 Å². The number of carbonyl (C=O) groups excluding carboxylic acids is 3. The van der Waals surface area contributed by atoms with Crippen molar-refractivity contribution >= 4 is 51.9 Å². The van der Waals surface area contributed by atoms with Gasteiger partial charge in [0.15, 0.2) is 5.78 Å². The first kappa shape index (κ1) is 25.6. The quantitative estimate of drug-likeness (QED) is 0.425. The molecule has 9 heteroatoms. The number of amides is 2. The molecule has 7 nitrogen and oxygen atoms in total. The molecule has 2 atom stereocenters. The van der Waals surface area contributed by atoms with Crippen molar-refractivity contribution in [3.05, 3.63) is 73.6 Å². The lowest BCUT2D eigenvalue weighted by atomic mass is 9.93. The van der Waals surface area contributed by atoms with Crippen LogP contribution in [0, 0.1) is 0 Å². The van der Waals surface area contributed by atoms with Gasteiger partial charge in [0.2, 0.25) is 0 Å². The number of allylic oxidation sites excluding steroid dienone is 4. The summed E-state index contributed by atoms with van der Waals surface area (Å²) in [4.78, 5) is 48.6. The standard InChI is InChI=1S/C28H29ClN4O3S/c1-15(10-25-20(29)8-9-37-25)30-21-6-5-7-24(34)26(21)23-12-17-11-18-19(13-22(17)31-23)28(36)33(27(18)35)16(2)14-32(3)4/h5-6,8-9,11,13,15-16,31H,7,10,12,14H2,1-4H3/t15-,16-/m0/s1. The molecule has 1 N–H and O–H groups in total. The molecule has 0 radical (unpaired) electrons. The lowest BCUT2D eigenvalue weighted by molar-refractivity contribution is -0.114. The number of fused-ring (bicyclic) bond motifs is 2. The fourth-order valence-corrected chi connectivity index (χ4v) is 6.46. The Bertz CT molecular complexity index is 1360. The molecular weight excluding hydrogens is 508 g/mol. The average molecular weight is 537 g/mol. The monoisotopic (exact) mass is 536 g/mol. The van der Waals surface area contributed by atoms with E-state index in [9.17, 15) is 14.4 Å². The van der Waals surface area contributed by atoms with Crippen LogP contribution in [-0.2, 0) is 17.6 Å². The molecule has 1 aromatic heterocycles. The first-order chi connectivity index (χ1) is 17.6. The molecule has 2 aromatic rings. The number of benzene rings is 1. The van der Waals surface area contributed by atoms with E-state index in [4.69, 9.17) is 16.6 Å². The Kier molecular flexibility index (Phi) is 6.91. The molecule has 3 heterocycles. The Balaban J connectivity index is 1.43. The van der Waals surface area contributed by atoms with Gasteiger partial charge in [-0.2, -0.15) is 0 Å². The third kappa shape index (κ3) is 4.81. The van der Waals surface area contributed by atoms with Gasteiger partial charge in [-0.15, -0.1) is 11.3 Å². The van der Waals surface area contributed by atoms with Gasteiger partial charge in [-0.3, -0.25) is 24.3 Å². The normalized spacial score (nSPS) is 21.6. The van der Waals surface area contributed by atoms with Gasteiger partial charge in [0.1, 0.15) is 0 Å². The number of hydrogen-bond donors (Lipinski definition) is 1.